The van der Waals surface area contributed by atoms with Gasteiger partial charge in [-0.2, -0.15) is 0 Å². The van der Waals surface area contributed by atoms with Crippen molar-refractivity contribution in [3.05, 3.63) is 5.51 Å². The van der Waals surface area contributed by atoms with E-state index >= 15 is 0 Å². The number of nitrogens with zero attached hydrogens (tertiary/aromatic N) is 4. The lowest BCUT2D eigenvalue weighted by Crippen LogP contribution is -1.98. The van der Waals surface area contributed by atoms with Gasteiger partial charge >= 0.3 is 4.34 Å². The molecule has 26 heavy (non-hydrogen) atoms. The van der Waals surface area contributed by atoms with E-state index in [2.05, 4.69) is 34.2 Å². The number of ether oxygens (including phenoxy) is 2. The van der Waals surface area contributed by atoms with Gasteiger partial charge in [0.05, 0.1) is 5.94 Å². The summed E-state index contributed by atoms with van der Waals surface area (Å²) in [4.78, 5) is 0. The minimum Gasteiger partial charge on any atom is -0.370 e. The Morgan fingerprint density at radius 1 is 1.00 bits per heavy atom. The molecule has 6 nitrogen and oxygen atoms in total. The second-order valence-corrected chi connectivity index (χ2v) is 14.1. The number of hydrogen-bond acceptors (Lipinski definition) is 11. The Kier molecular flexibility index (Phi) is 12.6. The molecule has 0 N–H and O–H groups in total. The zero-order chi connectivity index (χ0) is 18.5. The molecule has 1 unspecified atom stereocenters. The maximum Gasteiger partial charge on any atom is 0.351 e. The van der Waals surface area contributed by atoms with E-state index in [1.807, 2.05) is 0 Å². The van der Waals surface area contributed by atoms with Gasteiger partial charge in [-0.15, -0.1) is 15.3 Å². The third-order valence-electron chi connectivity index (χ3n) is 2.81. The molecule has 0 aliphatic heterocycles. The molecular weight excluding hydrogens is 449 g/mol. The van der Waals surface area contributed by atoms with Crippen molar-refractivity contribution < 1.29 is 9.47 Å². The first-order valence-corrected chi connectivity index (χ1v) is 15.0. The molecule has 0 amide bonds. The summed E-state index contributed by atoms with van der Waals surface area (Å²) in [6, 6.07) is 0. The summed E-state index contributed by atoms with van der Waals surface area (Å²) < 4.78 is 14.2. The Bertz CT molecular complexity index is 586. The lowest BCUT2D eigenvalue weighted by molar-refractivity contribution is 0.179. The molecule has 146 valence electrons. The molecule has 2 heterocycles. The van der Waals surface area contributed by atoms with Gasteiger partial charge in [0.2, 0.25) is 13.3 Å². The van der Waals surface area contributed by atoms with Crippen molar-refractivity contribution in [1.82, 2.24) is 20.4 Å². The van der Waals surface area contributed by atoms with Crippen LogP contribution in [-0.4, -0.2) is 45.5 Å². The number of unbranched alkanes of at least 4 members (excludes halogenated alkanes) is 2. The van der Waals surface area contributed by atoms with Crippen molar-refractivity contribution in [2.45, 2.75) is 52.5 Å². The Balaban J connectivity index is 1.85. The van der Waals surface area contributed by atoms with Gasteiger partial charge in [0.15, 0.2) is 15.1 Å². The summed E-state index contributed by atoms with van der Waals surface area (Å²) in [6.45, 7) is 5.93. The molecule has 0 bridgehead atoms. The summed E-state index contributed by atoms with van der Waals surface area (Å²) in [5.41, 5.74) is 1.75. The molecule has 12 heteroatoms. The van der Waals surface area contributed by atoms with E-state index in [4.69, 9.17) is 9.47 Å². The van der Waals surface area contributed by atoms with Crippen molar-refractivity contribution in [3.8, 4) is 0 Å². The van der Waals surface area contributed by atoms with Gasteiger partial charge in [0, 0.05) is 13.2 Å². The summed E-state index contributed by atoms with van der Waals surface area (Å²) >= 11 is 4.78. The van der Waals surface area contributed by atoms with Gasteiger partial charge in [-0.05, 0) is 24.2 Å². The van der Waals surface area contributed by atoms with Crippen LogP contribution in [0.3, 0.4) is 0 Å². The third-order valence-corrected chi connectivity index (χ3v) is 12.8. The normalized spacial score (nSPS) is 12.5. The van der Waals surface area contributed by atoms with Crippen LogP contribution in [0.2, 0.25) is 0 Å². The fourth-order valence-corrected chi connectivity index (χ4v) is 10.7. The fourth-order valence-electron chi connectivity index (χ4n) is 1.48. The molecule has 0 radical (unpaired) electrons. The minimum absolute atomic E-state index is 0.205. The molecule has 0 fully saturated rings. The lowest BCUT2D eigenvalue weighted by atomic mass is 10.4. The predicted octanol–water partition coefficient (Wildman–Crippen LogP) is 5.36. The molecule has 2 aromatic heterocycles. The standard InChI is InChI=1S/C14H23N4O2S6/c1-3-5-7-19-10-22-12-17-18-14(24-12)26(23-11-20-8-6-4-2)25-13-16-15-9-21-13/h9H,3-8,10-11H2,1-2H3/q+1. The first-order valence-electron chi connectivity index (χ1n) is 8.27. The smallest absolute Gasteiger partial charge is 0.351 e. The predicted molar refractivity (Wildman–Crippen MR) is 116 cm³/mol. The molecule has 0 aliphatic carbocycles. The van der Waals surface area contributed by atoms with E-state index in [1.54, 1.807) is 61.5 Å². The van der Waals surface area contributed by atoms with E-state index in [9.17, 15) is 0 Å². The van der Waals surface area contributed by atoms with Crippen molar-refractivity contribution in [3.63, 3.8) is 0 Å². The van der Waals surface area contributed by atoms with Crippen LogP contribution in [0.25, 0.3) is 0 Å². The van der Waals surface area contributed by atoms with Gasteiger partial charge in [-0.3, -0.25) is 0 Å². The molecule has 0 aromatic carbocycles. The summed E-state index contributed by atoms with van der Waals surface area (Å²) in [5, 5.41) is 16.7. The van der Waals surface area contributed by atoms with Crippen molar-refractivity contribution >= 4 is 65.0 Å². The monoisotopic (exact) mass is 471 g/mol. The van der Waals surface area contributed by atoms with Crippen LogP contribution in [0.4, 0.5) is 0 Å². The molecule has 1 atom stereocenters. The molecule has 0 saturated heterocycles. The van der Waals surface area contributed by atoms with Crippen LogP contribution in [-0.2, 0) is 18.4 Å². The second-order valence-electron chi connectivity index (χ2n) is 4.88. The largest absolute Gasteiger partial charge is 0.370 e. The van der Waals surface area contributed by atoms with Crippen molar-refractivity contribution in [2.24, 2.45) is 0 Å². The first kappa shape index (κ1) is 22.7. The quantitative estimate of drug-likeness (QED) is 0.112. The fraction of sp³-hybridized carbons (Fsp3) is 0.714. The van der Waals surface area contributed by atoms with Crippen LogP contribution in [0, 0.1) is 0 Å². The van der Waals surface area contributed by atoms with E-state index in [0.717, 1.165) is 51.9 Å². The zero-order valence-corrected chi connectivity index (χ0v) is 19.7. The maximum absolute atomic E-state index is 5.71. The highest BCUT2D eigenvalue weighted by Gasteiger charge is 2.34. The van der Waals surface area contributed by atoms with Gasteiger partial charge in [0.25, 0.3) is 0 Å². The average Bonchev–Trinajstić information content (AvgIpc) is 3.32. The minimum atomic E-state index is -0.205. The number of rotatable bonds is 15. The van der Waals surface area contributed by atoms with Crippen LogP contribution < -0.4 is 0 Å². The van der Waals surface area contributed by atoms with E-state index < -0.39 is 0 Å². The Labute approximate surface area is 177 Å². The molecule has 2 rings (SSSR count). The molecular formula is C14H23N4O2S6+. The van der Waals surface area contributed by atoms with Gasteiger partial charge in [0.1, 0.15) is 22.2 Å². The van der Waals surface area contributed by atoms with Gasteiger partial charge < -0.3 is 9.47 Å². The van der Waals surface area contributed by atoms with E-state index in [1.165, 1.54) is 0 Å². The van der Waals surface area contributed by atoms with Crippen molar-refractivity contribution in [1.29, 1.82) is 0 Å². The van der Waals surface area contributed by atoms with E-state index in [-0.39, 0.29) is 8.96 Å². The SMILES string of the molecule is CCCCOCSc1nnc([S+](SCOCCCC)Sc2nncs2)s1. The van der Waals surface area contributed by atoms with Gasteiger partial charge in [-0.1, -0.05) is 54.9 Å². The highest BCUT2D eigenvalue weighted by Crippen LogP contribution is 2.43. The number of hydrogen-bond donors (Lipinski definition) is 0. The Hall–Kier alpha value is 0.440. The molecule has 0 saturated carbocycles. The van der Waals surface area contributed by atoms with Crippen LogP contribution in [0.5, 0.6) is 0 Å². The van der Waals surface area contributed by atoms with Crippen LogP contribution in [0.1, 0.15) is 39.5 Å². The van der Waals surface area contributed by atoms with Crippen LogP contribution >= 0.6 is 56.0 Å². The molecule has 0 aliphatic rings. The van der Waals surface area contributed by atoms with Crippen molar-refractivity contribution in [2.75, 3.05) is 25.1 Å². The van der Waals surface area contributed by atoms with E-state index in [0.29, 0.717) is 11.9 Å². The third kappa shape index (κ3) is 9.09. The number of thioether (sulfide) groups is 1. The maximum atomic E-state index is 5.71. The molecule has 0 spiro atoms. The molecule has 2 aromatic rings. The average molecular weight is 472 g/mol. The van der Waals surface area contributed by atoms with Crippen LogP contribution in [0.15, 0.2) is 18.5 Å². The highest BCUT2D eigenvalue weighted by atomic mass is 33.5. The first-order chi connectivity index (χ1) is 12.8. The Morgan fingerprint density at radius 2 is 1.77 bits per heavy atom. The lowest BCUT2D eigenvalue weighted by Gasteiger charge is -2.01. The summed E-state index contributed by atoms with van der Waals surface area (Å²) in [6.07, 6.45) is 4.48. The summed E-state index contributed by atoms with van der Waals surface area (Å²) in [7, 11) is 3.22. The topological polar surface area (TPSA) is 70.0 Å². The number of aromatic nitrogens is 4. The Morgan fingerprint density at radius 3 is 2.46 bits per heavy atom. The zero-order valence-electron chi connectivity index (χ0n) is 14.8. The second kappa shape index (κ2) is 14.4. The highest BCUT2D eigenvalue weighted by molar-refractivity contribution is 9.06. The summed E-state index contributed by atoms with van der Waals surface area (Å²) in [5.74, 6) is 1.27. The van der Waals surface area contributed by atoms with Gasteiger partial charge in [-0.25, -0.2) is 0 Å².